The number of ether oxygens (including phenoxy) is 4. The number of esters is 4. The Morgan fingerprint density at radius 3 is 1.25 bits per heavy atom. The Morgan fingerprint density at radius 1 is 0.722 bits per heavy atom. The van der Waals surface area contributed by atoms with Crippen molar-refractivity contribution in [1.82, 2.24) is 4.98 Å². The van der Waals surface area contributed by atoms with Gasteiger partial charge in [0.05, 0.1) is 19.9 Å². The van der Waals surface area contributed by atoms with E-state index in [1.54, 1.807) is 40.0 Å². The predicted octanol–water partition coefficient (Wildman–Crippen LogP) is 4.42. The average molecular weight is 504 g/mol. The van der Waals surface area contributed by atoms with Gasteiger partial charge in [-0.3, -0.25) is 4.98 Å². The smallest absolute Gasteiger partial charge is 0.333 e. The molecule has 0 atom stereocenters. The quantitative estimate of drug-likeness (QED) is 0.220. The maximum atomic E-state index is 10.8. The second-order valence-electron chi connectivity index (χ2n) is 6.84. The number of rotatable bonds is 8. The summed E-state index contributed by atoms with van der Waals surface area (Å²) in [5.41, 5.74) is 2.42. The van der Waals surface area contributed by atoms with E-state index < -0.39 is 11.9 Å². The molecule has 0 aliphatic rings. The van der Waals surface area contributed by atoms with Gasteiger partial charge in [-0.05, 0) is 45.9 Å². The van der Waals surface area contributed by atoms with E-state index in [9.17, 15) is 19.2 Å². The molecular formula is C27H37NO8. The number of carbonyl (C=O) groups excluding carboxylic acids is 4. The third-order valence-corrected chi connectivity index (χ3v) is 3.21. The maximum absolute atomic E-state index is 10.8. The van der Waals surface area contributed by atoms with Crippen LogP contribution in [0, 0.1) is 0 Å². The topological polar surface area (TPSA) is 118 Å². The van der Waals surface area contributed by atoms with Crippen LogP contribution >= 0.6 is 0 Å². The minimum atomic E-state index is -0.489. The normalized spacial score (nSPS) is 8.39. The van der Waals surface area contributed by atoms with E-state index in [0.717, 1.165) is 5.69 Å². The summed E-state index contributed by atoms with van der Waals surface area (Å²) >= 11 is 0. The van der Waals surface area contributed by atoms with Gasteiger partial charge in [0.1, 0.15) is 13.2 Å². The van der Waals surface area contributed by atoms with Crippen molar-refractivity contribution < 1.29 is 38.1 Å². The van der Waals surface area contributed by atoms with Crippen molar-refractivity contribution in [3.63, 3.8) is 0 Å². The lowest BCUT2D eigenvalue weighted by Crippen LogP contribution is -2.14. The molecule has 0 spiro atoms. The maximum Gasteiger partial charge on any atom is 0.333 e. The van der Waals surface area contributed by atoms with Gasteiger partial charge in [-0.25, -0.2) is 19.2 Å². The molecule has 9 nitrogen and oxygen atoms in total. The summed E-state index contributed by atoms with van der Waals surface area (Å²) in [5.74, 6) is -1.67. The zero-order valence-corrected chi connectivity index (χ0v) is 22.0. The number of hydrogen-bond acceptors (Lipinski definition) is 9. The first-order valence-electron chi connectivity index (χ1n) is 10.4. The Balaban J connectivity index is -0.000000426. The first-order valence-corrected chi connectivity index (χ1v) is 10.4. The third kappa shape index (κ3) is 22.9. The van der Waals surface area contributed by atoms with E-state index in [4.69, 9.17) is 0 Å². The molecule has 0 aliphatic heterocycles. The van der Waals surface area contributed by atoms with Crippen LogP contribution in [0.3, 0.4) is 0 Å². The van der Waals surface area contributed by atoms with Crippen LogP contribution in [0.15, 0.2) is 79.6 Å². The monoisotopic (exact) mass is 503 g/mol. The summed E-state index contributed by atoms with van der Waals surface area (Å²) in [5, 5.41) is 0. The molecule has 0 N–H and O–H groups in total. The summed E-state index contributed by atoms with van der Waals surface area (Å²) < 4.78 is 17.9. The molecule has 0 radical (unpaired) electrons. The van der Waals surface area contributed by atoms with Crippen molar-refractivity contribution in [3.05, 3.63) is 85.3 Å². The molecule has 1 heterocycles. The largest absolute Gasteiger partial charge is 0.466 e. The molecule has 1 aromatic rings. The van der Waals surface area contributed by atoms with Crippen molar-refractivity contribution in [2.45, 2.75) is 27.7 Å². The number of methoxy groups -OCH3 is 2. The van der Waals surface area contributed by atoms with Gasteiger partial charge in [-0.1, -0.05) is 39.0 Å². The highest BCUT2D eigenvalue weighted by atomic mass is 16.6. The summed E-state index contributed by atoms with van der Waals surface area (Å²) in [6.45, 7) is 23.4. The highest BCUT2D eigenvalue weighted by Gasteiger charge is 2.05. The Bertz CT molecular complexity index is 863. The van der Waals surface area contributed by atoms with Gasteiger partial charge < -0.3 is 18.9 Å². The fourth-order valence-electron chi connectivity index (χ4n) is 1.36. The van der Waals surface area contributed by atoms with Crippen LogP contribution in [0.4, 0.5) is 0 Å². The van der Waals surface area contributed by atoms with Crippen LogP contribution in [0.25, 0.3) is 6.08 Å². The summed E-state index contributed by atoms with van der Waals surface area (Å²) in [6.07, 6.45) is 3.47. The Kier molecular flexibility index (Phi) is 22.7. The summed E-state index contributed by atoms with van der Waals surface area (Å²) in [6, 6.07) is 5.73. The molecule has 1 aromatic heterocycles. The molecule has 0 fully saturated rings. The second kappa shape index (κ2) is 22.5. The number of nitrogens with zero attached hydrogens (tertiary/aromatic N) is 1. The SMILES string of the molecule is C=C(C)C(=O)OC.C=C(C)C(=O)OC.C=C(C)C(=O)OCCOC(=O)C(=C)C.C=Cc1ccccn1. The van der Waals surface area contributed by atoms with Gasteiger partial charge in [-0.2, -0.15) is 0 Å². The van der Waals surface area contributed by atoms with Crippen LogP contribution in [0.1, 0.15) is 33.4 Å². The lowest BCUT2D eigenvalue weighted by molar-refractivity contribution is -0.147. The first kappa shape index (κ1) is 36.3. The van der Waals surface area contributed by atoms with E-state index in [1.807, 2.05) is 18.2 Å². The Hall–Kier alpha value is -4.27. The van der Waals surface area contributed by atoms with Crippen LogP contribution < -0.4 is 0 Å². The zero-order chi connectivity index (χ0) is 28.7. The summed E-state index contributed by atoms with van der Waals surface area (Å²) in [4.78, 5) is 46.0. The molecule has 0 aromatic carbocycles. The van der Waals surface area contributed by atoms with E-state index in [-0.39, 0.29) is 25.2 Å². The van der Waals surface area contributed by atoms with Crippen LogP contribution in [-0.2, 0) is 38.1 Å². The van der Waals surface area contributed by atoms with Crippen LogP contribution in [0.5, 0.6) is 0 Å². The van der Waals surface area contributed by atoms with E-state index in [1.165, 1.54) is 14.2 Å². The minimum absolute atomic E-state index is 0.0325. The molecule has 0 unspecified atom stereocenters. The molecule has 0 saturated heterocycles. The highest BCUT2D eigenvalue weighted by Crippen LogP contribution is 1.95. The minimum Gasteiger partial charge on any atom is -0.466 e. The average Bonchev–Trinajstić information content (AvgIpc) is 2.86. The van der Waals surface area contributed by atoms with Gasteiger partial charge in [0.2, 0.25) is 0 Å². The fraction of sp³-hybridized carbons (Fsp3) is 0.296. The van der Waals surface area contributed by atoms with E-state index in [0.29, 0.717) is 22.3 Å². The molecule has 198 valence electrons. The standard InChI is InChI=1S/C10H14O4.C7H7N.2C5H8O2/c1-7(2)9(11)13-5-6-14-10(12)8(3)4;1-2-7-5-3-4-6-8-7;2*1-4(2)5(6)7-3/h1,3,5-6H2,2,4H3;2-6H,1H2;2*1H2,2-3H3. The van der Waals surface area contributed by atoms with Crippen molar-refractivity contribution in [3.8, 4) is 0 Å². The number of carbonyl (C=O) groups is 4. The third-order valence-electron chi connectivity index (χ3n) is 3.21. The lowest BCUT2D eigenvalue weighted by atomic mass is 10.4. The first-order chi connectivity index (χ1) is 16.7. The predicted molar refractivity (Wildman–Crippen MR) is 140 cm³/mol. The van der Waals surface area contributed by atoms with E-state index in [2.05, 4.69) is 56.8 Å². The van der Waals surface area contributed by atoms with Crippen molar-refractivity contribution in [1.29, 1.82) is 0 Å². The van der Waals surface area contributed by atoms with Gasteiger partial charge in [-0.15, -0.1) is 0 Å². The number of aromatic nitrogens is 1. The Morgan fingerprint density at radius 2 is 1.08 bits per heavy atom. The van der Waals surface area contributed by atoms with Crippen LogP contribution in [-0.4, -0.2) is 56.3 Å². The fourth-order valence-corrected chi connectivity index (χ4v) is 1.36. The molecule has 1 rings (SSSR count). The highest BCUT2D eigenvalue weighted by molar-refractivity contribution is 5.88. The van der Waals surface area contributed by atoms with Crippen LogP contribution in [0.2, 0.25) is 0 Å². The molecule has 36 heavy (non-hydrogen) atoms. The second-order valence-corrected chi connectivity index (χ2v) is 6.84. The van der Waals surface area contributed by atoms with Gasteiger partial charge in [0.15, 0.2) is 0 Å². The molecule has 0 aliphatic carbocycles. The molecule has 9 heteroatoms. The molecular weight excluding hydrogens is 466 g/mol. The number of hydrogen-bond donors (Lipinski definition) is 0. The summed E-state index contributed by atoms with van der Waals surface area (Å²) in [7, 11) is 2.66. The van der Waals surface area contributed by atoms with Crippen molar-refractivity contribution >= 4 is 30.0 Å². The van der Waals surface area contributed by atoms with Crippen molar-refractivity contribution in [2.24, 2.45) is 0 Å². The number of pyridine rings is 1. The lowest BCUT2D eigenvalue weighted by Gasteiger charge is -2.05. The van der Waals surface area contributed by atoms with Gasteiger partial charge in [0.25, 0.3) is 0 Å². The van der Waals surface area contributed by atoms with Crippen molar-refractivity contribution in [2.75, 3.05) is 27.4 Å². The molecule has 0 saturated carbocycles. The van der Waals surface area contributed by atoms with Gasteiger partial charge >= 0.3 is 23.9 Å². The molecule has 0 amide bonds. The van der Waals surface area contributed by atoms with E-state index >= 15 is 0 Å². The van der Waals surface area contributed by atoms with Gasteiger partial charge in [0, 0.05) is 28.5 Å². The zero-order valence-electron chi connectivity index (χ0n) is 22.0. The molecule has 0 bridgehead atoms. The Labute approximate surface area is 213 Å².